The third-order valence-electron chi connectivity index (χ3n) is 4.10. The molecule has 0 radical (unpaired) electrons. The van der Waals surface area contributed by atoms with Gasteiger partial charge in [0.15, 0.2) is 0 Å². The van der Waals surface area contributed by atoms with Crippen molar-refractivity contribution in [1.29, 1.82) is 5.26 Å². The van der Waals surface area contributed by atoms with Gasteiger partial charge in [-0.15, -0.1) is 0 Å². The van der Waals surface area contributed by atoms with Crippen molar-refractivity contribution < 1.29 is 17.9 Å². The molecule has 0 aliphatic carbocycles. The number of hydrogen-bond donors (Lipinski definition) is 1. The summed E-state index contributed by atoms with van der Waals surface area (Å²) in [5.74, 6) is -0.0961. The number of amides is 1. The SMILES string of the molecule is CCOc1ccc(S(=O)(=O)N(CC)CC)cc1NC(=O)c1cccc(C#N)c1. The van der Waals surface area contributed by atoms with E-state index in [1.54, 1.807) is 39.0 Å². The van der Waals surface area contributed by atoms with Gasteiger partial charge >= 0.3 is 0 Å². The maximum absolute atomic E-state index is 12.8. The predicted molar refractivity (Wildman–Crippen MR) is 107 cm³/mol. The highest BCUT2D eigenvalue weighted by molar-refractivity contribution is 7.89. The van der Waals surface area contributed by atoms with Crippen molar-refractivity contribution in [2.45, 2.75) is 25.7 Å². The Bertz CT molecular complexity index is 993. The van der Waals surface area contributed by atoms with Crippen LogP contribution in [0.15, 0.2) is 47.4 Å². The van der Waals surface area contributed by atoms with Crippen molar-refractivity contribution in [2.24, 2.45) is 0 Å². The van der Waals surface area contributed by atoms with E-state index >= 15 is 0 Å². The lowest BCUT2D eigenvalue weighted by Gasteiger charge is -2.20. The lowest BCUT2D eigenvalue weighted by molar-refractivity contribution is 0.102. The Hall–Kier alpha value is -2.89. The van der Waals surface area contributed by atoms with Crippen LogP contribution >= 0.6 is 0 Å². The van der Waals surface area contributed by atoms with E-state index in [0.29, 0.717) is 36.6 Å². The van der Waals surface area contributed by atoms with Crippen molar-refractivity contribution in [3.8, 4) is 11.8 Å². The Kier molecular flexibility index (Phi) is 7.15. The lowest BCUT2D eigenvalue weighted by Crippen LogP contribution is -2.30. The molecule has 0 heterocycles. The van der Waals surface area contributed by atoms with E-state index in [0.717, 1.165) is 0 Å². The summed E-state index contributed by atoms with van der Waals surface area (Å²) in [6, 6.07) is 12.6. The summed E-state index contributed by atoms with van der Waals surface area (Å²) in [6.45, 7) is 6.36. The Balaban J connectivity index is 2.43. The quantitative estimate of drug-likeness (QED) is 0.732. The van der Waals surface area contributed by atoms with E-state index in [2.05, 4.69) is 5.32 Å². The molecule has 8 heteroatoms. The second kappa shape index (κ2) is 9.35. The van der Waals surface area contributed by atoms with Gasteiger partial charge in [-0.25, -0.2) is 8.42 Å². The van der Waals surface area contributed by atoms with Crippen molar-refractivity contribution in [3.63, 3.8) is 0 Å². The number of benzene rings is 2. The summed E-state index contributed by atoms with van der Waals surface area (Å²) in [5.41, 5.74) is 0.900. The number of sulfonamides is 1. The summed E-state index contributed by atoms with van der Waals surface area (Å²) in [5, 5.41) is 11.7. The van der Waals surface area contributed by atoms with E-state index in [1.807, 2.05) is 6.07 Å². The van der Waals surface area contributed by atoms with E-state index in [9.17, 15) is 13.2 Å². The normalized spacial score (nSPS) is 11.1. The van der Waals surface area contributed by atoms with Gasteiger partial charge < -0.3 is 10.1 Å². The molecule has 1 amide bonds. The molecular formula is C20H23N3O4S. The molecule has 7 nitrogen and oxygen atoms in total. The number of nitrogens with zero attached hydrogens (tertiary/aromatic N) is 2. The number of carbonyl (C=O) groups is 1. The van der Waals surface area contributed by atoms with Crippen molar-refractivity contribution in [3.05, 3.63) is 53.6 Å². The summed E-state index contributed by atoms with van der Waals surface area (Å²) in [6.07, 6.45) is 0. The van der Waals surface area contributed by atoms with Gasteiger partial charge in [0.2, 0.25) is 10.0 Å². The van der Waals surface area contributed by atoms with E-state index < -0.39 is 15.9 Å². The minimum atomic E-state index is -3.68. The fourth-order valence-electron chi connectivity index (χ4n) is 2.69. The van der Waals surface area contributed by atoms with Gasteiger partial charge in [-0.1, -0.05) is 19.9 Å². The molecular weight excluding hydrogens is 378 g/mol. The highest BCUT2D eigenvalue weighted by atomic mass is 32.2. The molecule has 1 N–H and O–H groups in total. The van der Waals surface area contributed by atoms with Gasteiger partial charge in [-0.3, -0.25) is 4.79 Å². The Morgan fingerprint density at radius 1 is 1.14 bits per heavy atom. The van der Waals surface area contributed by atoms with Crippen LogP contribution < -0.4 is 10.1 Å². The lowest BCUT2D eigenvalue weighted by atomic mass is 10.1. The highest BCUT2D eigenvalue weighted by Crippen LogP contribution is 2.29. The Labute approximate surface area is 165 Å². The molecule has 0 saturated carbocycles. The number of ether oxygens (including phenoxy) is 1. The monoisotopic (exact) mass is 401 g/mol. The number of hydrogen-bond acceptors (Lipinski definition) is 5. The zero-order valence-corrected chi connectivity index (χ0v) is 16.9. The maximum atomic E-state index is 12.8. The number of anilines is 1. The van der Waals surface area contributed by atoms with Gasteiger partial charge in [0.1, 0.15) is 5.75 Å². The van der Waals surface area contributed by atoms with Crippen LogP contribution in [-0.4, -0.2) is 38.3 Å². The molecule has 28 heavy (non-hydrogen) atoms. The second-order valence-corrected chi connectivity index (χ2v) is 7.76. The molecule has 148 valence electrons. The van der Waals surface area contributed by atoms with E-state index in [-0.39, 0.29) is 10.6 Å². The molecule has 0 bridgehead atoms. The average Bonchev–Trinajstić information content (AvgIpc) is 2.70. The molecule has 0 fully saturated rings. The number of nitriles is 1. The summed E-state index contributed by atoms with van der Waals surface area (Å²) >= 11 is 0. The van der Waals surface area contributed by atoms with Crippen LogP contribution in [0.2, 0.25) is 0 Å². The van der Waals surface area contributed by atoms with Crippen LogP contribution in [0.5, 0.6) is 5.75 Å². The first-order chi connectivity index (χ1) is 13.4. The smallest absolute Gasteiger partial charge is 0.255 e. The Morgan fingerprint density at radius 2 is 1.86 bits per heavy atom. The summed E-state index contributed by atoms with van der Waals surface area (Å²) in [7, 11) is -3.68. The molecule has 2 rings (SSSR count). The molecule has 2 aromatic rings. The highest BCUT2D eigenvalue weighted by Gasteiger charge is 2.23. The number of carbonyl (C=O) groups excluding carboxylic acids is 1. The van der Waals surface area contributed by atoms with Crippen LogP contribution in [-0.2, 0) is 10.0 Å². The minimum absolute atomic E-state index is 0.0701. The average molecular weight is 401 g/mol. The van der Waals surface area contributed by atoms with Crippen molar-refractivity contribution >= 4 is 21.6 Å². The summed E-state index contributed by atoms with van der Waals surface area (Å²) in [4.78, 5) is 12.7. The zero-order valence-electron chi connectivity index (χ0n) is 16.1. The van der Waals surface area contributed by atoms with Crippen molar-refractivity contribution in [2.75, 3.05) is 25.0 Å². The molecule has 0 aromatic heterocycles. The third kappa shape index (κ3) is 4.68. The first-order valence-electron chi connectivity index (χ1n) is 8.95. The van der Waals surface area contributed by atoms with Crippen LogP contribution in [0.25, 0.3) is 0 Å². The number of nitrogens with one attached hydrogen (secondary N) is 1. The fourth-order valence-corrected chi connectivity index (χ4v) is 4.17. The zero-order chi connectivity index (χ0) is 20.7. The largest absolute Gasteiger partial charge is 0.492 e. The van der Waals surface area contributed by atoms with Gasteiger partial charge in [-0.2, -0.15) is 9.57 Å². The topological polar surface area (TPSA) is 99.5 Å². The first kappa shape index (κ1) is 21.4. The molecule has 0 unspecified atom stereocenters. The minimum Gasteiger partial charge on any atom is -0.492 e. The molecule has 0 saturated heterocycles. The Morgan fingerprint density at radius 3 is 2.46 bits per heavy atom. The predicted octanol–water partition coefficient (Wildman–Crippen LogP) is 3.24. The van der Waals surface area contributed by atoms with Crippen LogP contribution in [0.4, 0.5) is 5.69 Å². The van der Waals surface area contributed by atoms with E-state index in [4.69, 9.17) is 10.00 Å². The fraction of sp³-hybridized carbons (Fsp3) is 0.300. The van der Waals surface area contributed by atoms with Crippen LogP contribution in [0, 0.1) is 11.3 Å². The first-order valence-corrected chi connectivity index (χ1v) is 10.4. The second-order valence-electron chi connectivity index (χ2n) is 5.83. The van der Waals surface area contributed by atoms with Gasteiger partial charge in [0.05, 0.1) is 28.8 Å². The summed E-state index contributed by atoms with van der Waals surface area (Å²) < 4.78 is 32.4. The van der Waals surface area contributed by atoms with Crippen molar-refractivity contribution in [1.82, 2.24) is 4.31 Å². The molecule has 0 aliphatic rings. The molecule has 2 aromatic carbocycles. The molecule has 0 aliphatic heterocycles. The molecule has 0 spiro atoms. The van der Waals surface area contributed by atoms with Gasteiger partial charge in [0, 0.05) is 18.7 Å². The van der Waals surface area contributed by atoms with Crippen LogP contribution in [0.1, 0.15) is 36.7 Å². The van der Waals surface area contributed by atoms with Gasteiger partial charge in [-0.05, 0) is 43.3 Å². The standard InChI is InChI=1S/C20H23N3O4S/c1-4-23(5-2)28(25,26)17-10-11-19(27-6-3)18(13-17)22-20(24)16-9-7-8-15(12-16)14-21/h7-13H,4-6H2,1-3H3,(H,22,24). The maximum Gasteiger partial charge on any atom is 0.255 e. The molecule has 0 atom stereocenters. The van der Waals surface area contributed by atoms with E-state index in [1.165, 1.54) is 28.6 Å². The van der Waals surface area contributed by atoms with Gasteiger partial charge in [0.25, 0.3) is 5.91 Å². The van der Waals surface area contributed by atoms with Crippen LogP contribution in [0.3, 0.4) is 0 Å². The number of rotatable bonds is 8. The third-order valence-corrected chi connectivity index (χ3v) is 6.14.